The monoisotopic (exact) mass is 165 g/mol. The Morgan fingerprint density at radius 3 is 2.92 bits per heavy atom. The number of anilines is 1. The molecule has 64 valence electrons. The van der Waals surface area contributed by atoms with E-state index in [1.165, 1.54) is 12.4 Å². The second-order valence-corrected chi connectivity index (χ2v) is 2.16. The van der Waals surface area contributed by atoms with Crippen LogP contribution in [-0.2, 0) is 0 Å². The lowest BCUT2D eigenvalue weighted by atomic mass is 10.5. The van der Waals surface area contributed by atoms with E-state index in [1.807, 2.05) is 19.1 Å². The second-order valence-electron chi connectivity index (χ2n) is 2.16. The molecular weight excluding hydrogens is 154 g/mol. The Labute approximate surface area is 71.1 Å². The second kappa shape index (κ2) is 4.33. The molecule has 0 radical (unpaired) electrons. The summed E-state index contributed by atoms with van der Waals surface area (Å²) < 4.78 is 5.19. The Hall–Kier alpha value is -1.58. The van der Waals surface area contributed by atoms with E-state index >= 15 is 0 Å². The predicted molar refractivity (Wildman–Crippen MR) is 46.8 cm³/mol. The predicted octanol–water partition coefficient (Wildman–Crippen LogP) is 1.01. The van der Waals surface area contributed by atoms with Gasteiger partial charge in [-0.3, -0.25) is 0 Å². The number of nitrogen functional groups attached to an aromatic ring is 1. The third-order valence-electron chi connectivity index (χ3n) is 1.21. The van der Waals surface area contributed by atoms with E-state index in [4.69, 9.17) is 10.5 Å². The maximum atomic E-state index is 5.34. The molecule has 0 bridgehead atoms. The molecule has 0 saturated heterocycles. The van der Waals surface area contributed by atoms with Crippen LogP contribution >= 0.6 is 0 Å². The van der Waals surface area contributed by atoms with E-state index in [1.54, 1.807) is 0 Å². The Kier molecular flexibility index (Phi) is 3.07. The molecule has 0 atom stereocenters. The van der Waals surface area contributed by atoms with Gasteiger partial charge >= 0.3 is 0 Å². The van der Waals surface area contributed by atoms with Crippen LogP contribution in [0.3, 0.4) is 0 Å². The number of nitrogens with two attached hydrogens (primary N) is 1. The van der Waals surface area contributed by atoms with Gasteiger partial charge in [0.05, 0.1) is 12.4 Å². The Morgan fingerprint density at radius 1 is 1.50 bits per heavy atom. The first-order valence-corrected chi connectivity index (χ1v) is 3.64. The molecular formula is C8H11N3O. The lowest BCUT2D eigenvalue weighted by Gasteiger charge is -1.99. The summed E-state index contributed by atoms with van der Waals surface area (Å²) in [5.74, 6) is 0.885. The van der Waals surface area contributed by atoms with Crippen LogP contribution in [-0.4, -0.2) is 16.6 Å². The van der Waals surface area contributed by atoms with Crippen LogP contribution in [0.2, 0.25) is 0 Å². The lowest BCUT2D eigenvalue weighted by molar-refractivity contribution is 0.346. The van der Waals surface area contributed by atoms with E-state index in [2.05, 4.69) is 9.97 Å². The molecule has 0 saturated carbocycles. The fourth-order valence-corrected chi connectivity index (χ4v) is 0.630. The van der Waals surface area contributed by atoms with E-state index in [0.717, 1.165) is 0 Å². The summed E-state index contributed by atoms with van der Waals surface area (Å²) in [6.07, 6.45) is 6.76. The summed E-state index contributed by atoms with van der Waals surface area (Å²) in [6, 6.07) is 0. The molecule has 1 rings (SSSR count). The van der Waals surface area contributed by atoms with Gasteiger partial charge in [-0.05, 0) is 6.92 Å². The smallest absolute Gasteiger partial charge is 0.232 e. The molecule has 0 aliphatic rings. The Balaban J connectivity index is 2.47. The summed E-state index contributed by atoms with van der Waals surface area (Å²) in [4.78, 5) is 7.73. The molecule has 4 nitrogen and oxygen atoms in total. The normalized spacial score (nSPS) is 10.4. The lowest BCUT2D eigenvalue weighted by Crippen LogP contribution is -1.98. The first-order valence-electron chi connectivity index (χ1n) is 3.64. The van der Waals surface area contributed by atoms with Gasteiger partial charge in [0.1, 0.15) is 12.4 Å². The summed E-state index contributed by atoms with van der Waals surface area (Å²) in [5, 5.41) is 0. The number of nitrogens with zero attached hydrogens (tertiary/aromatic N) is 2. The zero-order valence-electron chi connectivity index (χ0n) is 6.90. The van der Waals surface area contributed by atoms with E-state index in [9.17, 15) is 0 Å². The molecule has 2 N–H and O–H groups in total. The molecule has 0 spiro atoms. The molecule has 1 aromatic rings. The van der Waals surface area contributed by atoms with Crippen molar-refractivity contribution in [1.29, 1.82) is 0 Å². The van der Waals surface area contributed by atoms with Crippen LogP contribution in [0.25, 0.3) is 0 Å². The molecule has 1 heterocycles. The van der Waals surface area contributed by atoms with Crippen molar-refractivity contribution in [3.63, 3.8) is 0 Å². The topological polar surface area (TPSA) is 61.0 Å². The van der Waals surface area contributed by atoms with Crippen molar-refractivity contribution in [2.45, 2.75) is 6.92 Å². The largest absolute Gasteiger partial charge is 0.472 e. The van der Waals surface area contributed by atoms with Crippen molar-refractivity contribution in [2.75, 3.05) is 12.3 Å². The number of hydrogen-bond acceptors (Lipinski definition) is 4. The minimum Gasteiger partial charge on any atom is -0.472 e. The van der Waals surface area contributed by atoms with Crippen LogP contribution in [0.4, 0.5) is 5.82 Å². The van der Waals surface area contributed by atoms with E-state index in [0.29, 0.717) is 18.3 Å². The Morgan fingerprint density at radius 2 is 2.33 bits per heavy atom. The van der Waals surface area contributed by atoms with Crippen LogP contribution in [0, 0.1) is 0 Å². The third kappa shape index (κ3) is 2.57. The van der Waals surface area contributed by atoms with Crippen LogP contribution in [0.1, 0.15) is 6.92 Å². The molecule has 0 fully saturated rings. The van der Waals surface area contributed by atoms with Gasteiger partial charge in [-0.15, -0.1) is 0 Å². The first-order chi connectivity index (χ1) is 5.83. The van der Waals surface area contributed by atoms with Crippen LogP contribution < -0.4 is 10.5 Å². The zero-order valence-corrected chi connectivity index (χ0v) is 6.90. The van der Waals surface area contributed by atoms with Crippen molar-refractivity contribution in [1.82, 2.24) is 9.97 Å². The summed E-state index contributed by atoms with van der Waals surface area (Å²) >= 11 is 0. The highest BCUT2D eigenvalue weighted by Gasteiger charge is 1.92. The summed E-state index contributed by atoms with van der Waals surface area (Å²) in [5.41, 5.74) is 5.34. The molecule has 4 heteroatoms. The van der Waals surface area contributed by atoms with Gasteiger partial charge in [-0.1, -0.05) is 12.2 Å². The van der Waals surface area contributed by atoms with Gasteiger partial charge in [0.25, 0.3) is 0 Å². The number of hydrogen-bond donors (Lipinski definition) is 1. The van der Waals surface area contributed by atoms with Gasteiger partial charge in [0, 0.05) is 0 Å². The number of rotatable bonds is 3. The molecule has 0 amide bonds. The first kappa shape index (κ1) is 8.52. The Bertz CT molecular complexity index is 256. The van der Waals surface area contributed by atoms with Crippen molar-refractivity contribution < 1.29 is 4.74 Å². The van der Waals surface area contributed by atoms with Gasteiger partial charge in [-0.2, -0.15) is 0 Å². The number of ether oxygens (including phenoxy) is 1. The third-order valence-corrected chi connectivity index (χ3v) is 1.21. The van der Waals surface area contributed by atoms with Gasteiger partial charge < -0.3 is 10.5 Å². The molecule has 0 unspecified atom stereocenters. The minimum atomic E-state index is 0.397. The fraction of sp³-hybridized carbons (Fsp3) is 0.250. The number of allylic oxidation sites excluding steroid dienone is 1. The molecule has 1 aromatic heterocycles. The molecule has 0 aliphatic heterocycles. The van der Waals surface area contributed by atoms with Crippen molar-refractivity contribution in [2.24, 2.45) is 0 Å². The van der Waals surface area contributed by atoms with Crippen molar-refractivity contribution in [3.8, 4) is 5.88 Å². The summed E-state index contributed by atoms with van der Waals surface area (Å²) in [6.45, 7) is 2.44. The van der Waals surface area contributed by atoms with Crippen LogP contribution in [0.5, 0.6) is 5.88 Å². The SMILES string of the molecule is C/C=C/COc1cnc(N)cn1. The van der Waals surface area contributed by atoms with Crippen molar-refractivity contribution >= 4 is 5.82 Å². The summed E-state index contributed by atoms with van der Waals surface area (Å²) in [7, 11) is 0. The minimum absolute atomic E-state index is 0.397. The average Bonchev–Trinajstić information content (AvgIpc) is 2.09. The number of aromatic nitrogens is 2. The quantitative estimate of drug-likeness (QED) is 0.679. The maximum Gasteiger partial charge on any atom is 0.232 e. The maximum absolute atomic E-state index is 5.34. The zero-order chi connectivity index (χ0) is 8.81. The van der Waals surface area contributed by atoms with E-state index in [-0.39, 0.29) is 0 Å². The average molecular weight is 165 g/mol. The molecule has 0 aliphatic carbocycles. The van der Waals surface area contributed by atoms with Crippen LogP contribution in [0.15, 0.2) is 24.5 Å². The van der Waals surface area contributed by atoms with Gasteiger partial charge in [0.15, 0.2) is 0 Å². The van der Waals surface area contributed by atoms with Gasteiger partial charge in [0.2, 0.25) is 5.88 Å². The van der Waals surface area contributed by atoms with Crippen molar-refractivity contribution in [3.05, 3.63) is 24.5 Å². The standard InChI is InChI=1S/C8H11N3O/c1-2-3-4-12-8-6-10-7(9)5-11-8/h2-3,5-6H,4H2,1H3,(H2,9,10)/b3-2+. The molecule has 12 heavy (non-hydrogen) atoms. The fourth-order valence-electron chi connectivity index (χ4n) is 0.630. The highest BCUT2D eigenvalue weighted by Crippen LogP contribution is 2.03. The molecule has 0 aromatic carbocycles. The highest BCUT2D eigenvalue weighted by molar-refractivity contribution is 5.24. The van der Waals surface area contributed by atoms with E-state index < -0.39 is 0 Å². The highest BCUT2D eigenvalue weighted by atomic mass is 16.5. The van der Waals surface area contributed by atoms with Gasteiger partial charge in [-0.25, -0.2) is 9.97 Å².